The summed E-state index contributed by atoms with van der Waals surface area (Å²) in [7, 11) is -3.13. The third-order valence-electron chi connectivity index (χ3n) is 7.78. The molecule has 3 nitrogen and oxygen atoms in total. The van der Waals surface area contributed by atoms with Gasteiger partial charge in [-0.05, 0) is 57.8 Å². The minimum atomic E-state index is -3.13. The van der Waals surface area contributed by atoms with Crippen molar-refractivity contribution in [2.45, 2.75) is 51.6 Å². The Morgan fingerprint density at radius 3 is 1.74 bits per heavy atom. The first-order valence-corrected chi connectivity index (χ1v) is 15.2. The maximum absolute atomic E-state index is 15.7. The standard InChI is InChI=1S/C35H34NO2P/c1-34(2,3)33-36-31-19-14-24(20-32(31)38-33)23-35(4,5)39(37,29-17-15-25-10-6-8-12-27(25)21-29)30-18-16-26-11-7-9-13-28(26)22-30/h6-22H,23H2,1-5H3. The Kier molecular flexibility index (Phi) is 6.04. The van der Waals surface area contributed by atoms with E-state index >= 15 is 4.57 Å². The highest BCUT2D eigenvalue weighted by atomic mass is 31.2. The van der Waals surface area contributed by atoms with E-state index in [0.29, 0.717) is 6.42 Å². The van der Waals surface area contributed by atoms with Gasteiger partial charge in [0.05, 0.1) is 0 Å². The molecule has 39 heavy (non-hydrogen) atoms. The van der Waals surface area contributed by atoms with Crippen LogP contribution in [0.25, 0.3) is 32.6 Å². The van der Waals surface area contributed by atoms with Crippen molar-refractivity contribution in [3.8, 4) is 0 Å². The number of oxazole rings is 1. The van der Waals surface area contributed by atoms with Crippen molar-refractivity contribution in [1.82, 2.24) is 4.98 Å². The van der Waals surface area contributed by atoms with Gasteiger partial charge < -0.3 is 8.98 Å². The fraction of sp³-hybridized carbons (Fsp3) is 0.229. The van der Waals surface area contributed by atoms with Gasteiger partial charge in [-0.1, -0.05) is 113 Å². The molecule has 0 unspecified atom stereocenters. The average molecular weight is 532 g/mol. The molecular weight excluding hydrogens is 497 g/mol. The molecule has 5 aromatic carbocycles. The van der Waals surface area contributed by atoms with Crippen LogP contribution >= 0.6 is 7.14 Å². The first-order valence-electron chi connectivity index (χ1n) is 13.5. The van der Waals surface area contributed by atoms with E-state index in [1.807, 2.05) is 30.3 Å². The molecule has 1 heterocycles. The molecule has 0 N–H and O–H groups in total. The van der Waals surface area contributed by atoms with Crippen molar-refractivity contribution >= 4 is 50.4 Å². The summed E-state index contributed by atoms with van der Waals surface area (Å²) in [5.74, 6) is 0.729. The molecule has 0 spiro atoms. The molecule has 0 aliphatic rings. The van der Waals surface area contributed by atoms with Gasteiger partial charge in [-0.25, -0.2) is 4.98 Å². The lowest BCUT2D eigenvalue weighted by Gasteiger charge is -2.36. The number of fused-ring (bicyclic) bond motifs is 3. The number of hydrogen-bond donors (Lipinski definition) is 0. The van der Waals surface area contributed by atoms with E-state index in [0.717, 1.165) is 54.7 Å². The van der Waals surface area contributed by atoms with Crippen LogP contribution < -0.4 is 10.6 Å². The Bertz CT molecular complexity index is 1810. The van der Waals surface area contributed by atoms with Gasteiger partial charge in [0.1, 0.15) is 12.7 Å². The fourth-order valence-electron chi connectivity index (χ4n) is 5.60. The van der Waals surface area contributed by atoms with Crippen molar-refractivity contribution in [3.05, 3.63) is 115 Å². The molecule has 0 saturated heterocycles. The van der Waals surface area contributed by atoms with Gasteiger partial charge in [0.15, 0.2) is 5.58 Å². The average Bonchev–Trinajstić information content (AvgIpc) is 3.36. The molecule has 6 rings (SSSR count). The van der Waals surface area contributed by atoms with Gasteiger partial charge in [-0.3, -0.25) is 0 Å². The molecule has 0 atom stereocenters. The van der Waals surface area contributed by atoms with Crippen LogP contribution in [-0.4, -0.2) is 10.1 Å². The fourth-order valence-corrected chi connectivity index (χ4v) is 8.92. The normalized spacial score (nSPS) is 12.9. The minimum Gasteiger partial charge on any atom is -0.440 e. The molecule has 0 aliphatic heterocycles. The Balaban J connectivity index is 1.50. The molecule has 6 aromatic rings. The number of aromatic nitrogens is 1. The second kappa shape index (κ2) is 9.21. The van der Waals surface area contributed by atoms with Crippen LogP contribution in [-0.2, 0) is 16.4 Å². The van der Waals surface area contributed by atoms with E-state index in [4.69, 9.17) is 9.40 Å². The minimum absolute atomic E-state index is 0.166. The van der Waals surface area contributed by atoms with Crippen LogP contribution in [0.4, 0.5) is 0 Å². The Hall–Kier alpha value is -3.68. The van der Waals surface area contributed by atoms with E-state index in [1.165, 1.54) is 0 Å². The Morgan fingerprint density at radius 2 is 1.21 bits per heavy atom. The first kappa shape index (κ1) is 25.6. The molecule has 0 bridgehead atoms. The van der Waals surface area contributed by atoms with Crippen LogP contribution in [0.5, 0.6) is 0 Å². The molecule has 4 heteroatoms. The number of hydrogen-bond acceptors (Lipinski definition) is 3. The van der Waals surface area contributed by atoms with Crippen LogP contribution in [0, 0.1) is 0 Å². The number of benzene rings is 5. The molecule has 196 valence electrons. The van der Waals surface area contributed by atoms with Gasteiger partial charge >= 0.3 is 0 Å². The van der Waals surface area contributed by atoms with E-state index in [9.17, 15) is 0 Å². The van der Waals surface area contributed by atoms with E-state index < -0.39 is 12.3 Å². The topological polar surface area (TPSA) is 43.1 Å². The van der Waals surface area contributed by atoms with Crippen LogP contribution in [0.15, 0.2) is 108 Å². The molecule has 0 radical (unpaired) electrons. The summed E-state index contributed by atoms with van der Waals surface area (Å²) in [6, 6.07) is 35.3. The molecular formula is C35H34NO2P. The third kappa shape index (κ3) is 4.49. The zero-order valence-corrected chi connectivity index (χ0v) is 24.1. The highest BCUT2D eigenvalue weighted by Gasteiger charge is 2.43. The van der Waals surface area contributed by atoms with Gasteiger partial charge in [0, 0.05) is 21.2 Å². The van der Waals surface area contributed by atoms with Crippen molar-refractivity contribution < 1.29 is 8.98 Å². The second-order valence-corrected chi connectivity index (χ2v) is 15.7. The summed E-state index contributed by atoms with van der Waals surface area (Å²) in [4.78, 5) is 4.70. The quantitative estimate of drug-likeness (QED) is 0.209. The van der Waals surface area contributed by atoms with Gasteiger partial charge in [0.25, 0.3) is 0 Å². The lowest BCUT2D eigenvalue weighted by atomic mass is 9.97. The van der Waals surface area contributed by atoms with E-state index in [2.05, 4.69) is 107 Å². The molecule has 0 aliphatic carbocycles. The summed E-state index contributed by atoms with van der Waals surface area (Å²) in [5, 5.41) is 5.70. The molecule has 0 saturated carbocycles. The summed E-state index contributed by atoms with van der Waals surface area (Å²) in [5.41, 5.74) is 2.56. The largest absolute Gasteiger partial charge is 0.440 e. The van der Waals surface area contributed by atoms with Crippen LogP contribution in [0.3, 0.4) is 0 Å². The van der Waals surface area contributed by atoms with Crippen molar-refractivity contribution in [2.24, 2.45) is 0 Å². The second-order valence-electron chi connectivity index (χ2n) is 12.2. The zero-order valence-electron chi connectivity index (χ0n) is 23.2. The predicted octanol–water partition coefficient (Wildman–Crippen LogP) is 8.77. The Labute approximate surface area is 230 Å². The first-order chi connectivity index (χ1) is 18.5. The van der Waals surface area contributed by atoms with Crippen LogP contribution in [0.2, 0.25) is 0 Å². The number of rotatable bonds is 5. The Morgan fingerprint density at radius 1 is 0.667 bits per heavy atom. The maximum Gasteiger partial charge on any atom is 0.200 e. The van der Waals surface area contributed by atoms with E-state index in [-0.39, 0.29) is 5.41 Å². The lowest BCUT2D eigenvalue weighted by Crippen LogP contribution is -2.35. The molecule has 1 aromatic heterocycles. The summed E-state index contributed by atoms with van der Waals surface area (Å²) in [6.45, 7) is 10.6. The van der Waals surface area contributed by atoms with Crippen molar-refractivity contribution in [3.63, 3.8) is 0 Å². The summed E-state index contributed by atoms with van der Waals surface area (Å²) in [6.07, 6.45) is 0.630. The zero-order chi connectivity index (χ0) is 27.4. The smallest absolute Gasteiger partial charge is 0.200 e. The maximum atomic E-state index is 15.7. The highest BCUT2D eigenvalue weighted by Crippen LogP contribution is 2.57. The SMILES string of the molecule is CC(C)(C)c1nc2ccc(CC(C)(C)P(=O)(c3ccc4ccccc4c3)c3ccc4ccccc4c3)cc2o1. The highest BCUT2D eigenvalue weighted by molar-refractivity contribution is 7.80. The van der Waals surface area contributed by atoms with Gasteiger partial charge in [-0.15, -0.1) is 0 Å². The monoisotopic (exact) mass is 531 g/mol. The lowest BCUT2D eigenvalue weighted by molar-refractivity contribution is 0.410. The van der Waals surface area contributed by atoms with E-state index in [1.54, 1.807) is 0 Å². The van der Waals surface area contributed by atoms with Crippen molar-refractivity contribution in [1.29, 1.82) is 0 Å². The summed E-state index contributed by atoms with van der Waals surface area (Å²) < 4.78 is 21.9. The predicted molar refractivity (Wildman–Crippen MR) is 165 cm³/mol. The third-order valence-corrected chi connectivity index (χ3v) is 11.7. The number of nitrogens with zero attached hydrogens (tertiary/aromatic N) is 1. The molecule has 0 amide bonds. The van der Waals surface area contributed by atoms with Gasteiger partial charge in [-0.2, -0.15) is 0 Å². The summed E-state index contributed by atoms with van der Waals surface area (Å²) >= 11 is 0. The van der Waals surface area contributed by atoms with Gasteiger partial charge in [0.2, 0.25) is 5.89 Å². The molecule has 0 fully saturated rings. The van der Waals surface area contributed by atoms with Crippen LogP contribution in [0.1, 0.15) is 46.1 Å². The van der Waals surface area contributed by atoms with Crippen molar-refractivity contribution in [2.75, 3.05) is 0 Å².